The molecule has 0 saturated carbocycles. The average molecular weight is 627 g/mol. The van der Waals surface area contributed by atoms with Crippen LogP contribution in [0.4, 0.5) is 0 Å². The number of esters is 1. The zero-order chi connectivity index (χ0) is 33.4. The largest absolute Gasteiger partial charge is 0.465 e. The van der Waals surface area contributed by atoms with E-state index in [1.807, 2.05) is 74.2 Å². The van der Waals surface area contributed by atoms with Gasteiger partial charge in [0.2, 0.25) is 11.8 Å². The first-order valence-electron chi connectivity index (χ1n) is 15.8. The molecule has 3 aromatic carbocycles. The van der Waals surface area contributed by atoms with Gasteiger partial charge in [-0.05, 0) is 73.2 Å². The van der Waals surface area contributed by atoms with E-state index in [1.54, 1.807) is 43.1 Å². The number of methoxy groups -OCH3 is 1. The van der Waals surface area contributed by atoms with Gasteiger partial charge >= 0.3 is 5.97 Å². The average Bonchev–Trinajstić information content (AvgIpc) is 3.07. The van der Waals surface area contributed by atoms with Crippen molar-refractivity contribution in [2.45, 2.75) is 65.2 Å². The zero-order valence-corrected chi connectivity index (χ0v) is 27.7. The lowest BCUT2D eigenvalue weighted by Crippen LogP contribution is -2.61. The minimum absolute atomic E-state index is 0.179. The highest BCUT2D eigenvalue weighted by molar-refractivity contribution is 5.96. The topological polar surface area (TPSA) is 108 Å². The van der Waals surface area contributed by atoms with E-state index in [1.165, 1.54) is 7.11 Å². The minimum atomic E-state index is -0.775. The maximum absolute atomic E-state index is 14.5. The van der Waals surface area contributed by atoms with Crippen LogP contribution in [-0.4, -0.2) is 78.9 Å². The van der Waals surface area contributed by atoms with E-state index in [-0.39, 0.29) is 23.8 Å². The van der Waals surface area contributed by atoms with Crippen molar-refractivity contribution in [3.63, 3.8) is 0 Å². The molecule has 3 amide bonds. The lowest BCUT2D eigenvalue weighted by atomic mass is 9.84. The monoisotopic (exact) mass is 626 g/mol. The van der Waals surface area contributed by atoms with Gasteiger partial charge in [-0.15, -0.1) is 0 Å². The van der Waals surface area contributed by atoms with Crippen LogP contribution in [0, 0.1) is 5.41 Å². The summed E-state index contributed by atoms with van der Waals surface area (Å²) in [4.78, 5) is 57.2. The van der Waals surface area contributed by atoms with Crippen LogP contribution in [0.5, 0.6) is 0 Å². The quantitative estimate of drug-likeness (QED) is 0.308. The Morgan fingerprint density at radius 2 is 1.52 bits per heavy atom. The van der Waals surface area contributed by atoms with Crippen LogP contribution in [-0.2, 0) is 33.7 Å². The van der Waals surface area contributed by atoms with Gasteiger partial charge in [0.25, 0.3) is 5.91 Å². The van der Waals surface area contributed by atoms with Crippen molar-refractivity contribution in [3.05, 3.63) is 107 Å². The molecule has 1 heterocycles. The third-order valence-corrected chi connectivity index (χ3v) is 8.65. The Morgan fingerprint density at radius 3 is 2.13 bits per heavy atom. The van der Waals surface area contributed by atoms with Gasteiger partial charge in [-0.3, -0.25) is 14.4 Å². The summed E-state index contributed by atoms with van der Waals surface area (Å²) in [5.74, 6) is -1.09. The fourth-order valence-corrected chi connectivity index (χ4v) is 5.71. The number of hydrogen-bond acceptors (Lipinski definition) is 6. The highest BCUT2D eigenvalue weighted by atomic mass is 16.5. The summed E-state index contributed by atoms with van der Waals surface area (Å²) < 4.78 is 4.82. The molecule has 46 heavy (non-hydrogen) atoms. The second kappa shape index (κ2) is 15.2. The molecule has 0 aliphatic carbocycles. The van der Waals surface area contributed by atoms with Crippen LogP contribution in [0.2, 0.25) is 0 Å². The summed E-state index contributed by atoms with van der Waals surface area (Å²) in [7, 11) is 3.03. The Labute approximate surface area is 272 Å². The number of fused-ring (bicyclic) bond motifs is 1. The van der Waals surface area contributed by atoms with Gasteiger partial charge in [0.1, 0.15) is 6.04 Å². The van der Waals surface area contributed by atoms with Gasteiger partial charge in [0.15, 0.2) is 0 Å². The number of nitrogens with zero attached hydrogens (tertiary/aromatic N) is 2. The molecule has 9 nitrogen and oxygen atoms in total. The first-order chi connectivity index (χ1) is 21.9. The van der Waals surface area contributed by atoms with Crippen LogP contribution in [0.1, 0.15) is 65.1 Å². The normalized spacial score (nSPS) is 15.7. The summed E-state index contributed by atoms with van der Waals surface area (Å²) in [6.45, 7) is 8.69. The van der Waals surface area contributed by atoms with Crippen molar-refractivity contribution in [1.29, 1.82) is 0 Å². The SMILES string of the molecule is CNC(C)C(=O)NC(C(=O)N1Cc2ccccc2CC1CN(CCc1ccccc1)C(=O)c1ccc(C(=O)OC)cc1)C(C)(C)C. The highest BCUT2D eigenvalue weighted by Crippen LogP contribution is 2.29. The molecule has 1 aliphatic rings. The Hall–Kier alpha value is -4.50. The first-order valence-corrected chi connectivity index (χ1v) is 15.8. The molecular formula is C37H46N4O5. The Kier molecular flexibility index (Phi) is 11.4. The van der Waals surface area contributed by atoms with E-state index >= 15 is 0 Å². The summed E-state index contributed by atoms with van der Waals surface area (Å²) >= 11 is 0. The zero-order valence-electron chi connectivity index (χ0n) is 27.7. The third-order valence-electron chi connectivity index (χ3n) is 8.65. The number of ether oxygens (including phenoxy) is 1. The van der Waals surface area contributed by atoms with E-state index in [9.17, 15) is 19.2 Å². The van der Waals surface area contributed by atoms with Gasteiger partial charge in [-0.2, -0.15) is 0 Å². The molecule has 3 aromatic rings. The minimum Gasteiger partial charge on any atom is -0.465 e. The molecule has 0 bridgehead atoms. The van der Waals surface area contributed by atoms with E-state index in [0.717, 1.165) is 16.7 Å². The lowest BCUT2D eigenvalue weighted by Gasteiger charge is -2.43. The predicted molar refractivity (Wildman–Crippen MR) is 178 cm³/mol. The predicted octanol–water partition coefficient (Wildman–Crippen LogP) is 4.25. The van der Waals surface area contributed by atoms with Crippen LogP contribution in [0.25, 0.3) is 0 Å². The van der Waals surface area contributed by atoms with Crippen molar-refractivity contribution in [3.8, 4) is 0 Å². The van der Waals surface area contributed by atoms with Gasteiger partial charge in [0, 0.05) is 25.2 Å². The van der Waals surface area contributed by atoms with Crippen LogP contribution in [0.15, 0.2) is 78.9 Å². The van der Waals surface area contributed by atoms with Crippen molar-refractivity contribution >= 4 is 23.7 Å². The summed E-state index contributed by atoms with van der Waals surface area (Å²) in [5.41, 5.74) is 3.52. The summed E-state index contributed by atoms with van der Waals surface area (Å²) in [6, 6.07) is 22.9. The van der Waals surface area contributed by atoms with Crippen LogP contribution < -0.4 is 10.6 Å². The molecule has 0 saturated heterocycles. The number of hydrogen-bond donors (Lipinski definition) is 2. The second-order valence-corrected chi connectivity index (χ2v) is 13.0. The fourth-order valence-electron chi connectivity index (χ4n) is 5.71. The van der Waals surface area contributed by atoms with Crippen molar-refractivity contribution in [2.75, 3.05) is 27.2 Å². The molecule has 3 atom stereocenters. The maximum Gasteiger partial charge on any atom is 0.337 e. The Morgan fingerprint density at radius 1 is 0.913 bits per heavy atom. The lowest BCUT2D eigenvalue weighted by molar-refractivity contribution is -0.143. The number of carbonyl (C=O) groups is 4. The number of amides is 3. The van der Waals surface area contributed by atoms with Gasteiger partial charge in [-0.25, -0.2) is 4.79 Å². The van der Waals surface area contributed by atoms with Crippen LogP contribution in [0.3, 0.4) is 0 Å². The molecule has 2 N–H and O–H groups in total. The molecule has 0 aromatic heterocycles. The Bertz CT molecular complexity index is 1520. The Balaban J connectivity index is 1.68. The molecule has 244 valence electrons. The summed E-state index contributed by atoms with van der Waals surface area (Å²) in [5, 5.41) is 5.96. The molecule has 0 spiro atoms. The number of benzene rings is 3. The number of likely N-dealkylation sites (N-methyl/N-ethyl adjacent to an activating group) is 1. The molecular weight excluding hydrogens is 580 g/mol. The van der Waals surface area contributed by atoms with Gasteiger partial charge in [-0.1, -0.05) is 75.4 Å². The molecule has 0 radical (unpaired) electrons. The van der Waals surface area contributed by atoms with Crippen molar-refractivity contribution in [1.82, 2.24) is 20.4 Å². The van der Waals surface area contributed by atoms with E-state index in [4.69, 9.17) is 4.74 Å². The smallest absolute Gasteiger partial charge is 0.337 e. The standard InChI is InChI=1S/C37H46N4O5/c1-25(38-5)33(42)39-32(37(2,3)4)35(44)41-23-30-15-11-10-14-29(30)22-31(41)24-40(21-20-26-12-8-7-9-13-26)34(43)27-16-18-28(19-17-27)36(45)46-6/h7-19,25,31-32,38H,20-24H2,1-6H3,(H,39,42). The number of rotatable bonds is 11. The van der Waals surface area contributed by atoms with E-state index < -0.39 is 23.5 Å². The molecule has 0 fully saturated rings. The van der Waals surface area contributed by atoms with Crippen molar-refractivity contribution < 1.29 is 23.9 Å². The van der Waals surface area contributed by atoms with E-state index in [0.29, 0.717) is 43.6 Å². The molecule has 9 heteroatoms. The molecule has 4 rings (SSSR count). The number of nitrogens with one attached hydrogen (secondary N) is 2. The fraction of sp³-hybridized carbons (Fsp3) is 0.405. The third kappa shape index (κ3) is 8.40. The van der Waals surface area contributed by atoms with Gasteiger partial charge < -0.3 is 25.2 Å². The van der Waals surface area contributed by atoms with Crippen molar-refractivity contribution in [2.24, 2.45) is 5.41 Å². The second-order valence-electron chi connectivity index (χ2n) is 13.0. The highest BCUT2D eigenvalue weighted by Gasteiger charge is 2.41. The van der Waals surface area contributed by atoms with Gasteiger partial charge in [0.05, 0.1) is 24.8 Å². The van der Waals surface area contributed by atoms with E-state index in [2.05, 4.69) is 16.7 Å². The molecule has 3 unspecified atom stereocenters. The number of carbonyl (C=O) groups excluding carboxylic acids is 4. The molecule has 1 aliphatic heterocycles. The van der Waals surface area contributed by atoms with Crippen LogP contribution >= 0.6 is 0 Å². The summed E-state index contributed by atoms with van der Waals surface area (Å²) in [6.07, 6.45) is 1.20. The maximum atomic E-state index is 14.5. The first kappa shape index (κ1) is 34.4.